The molecule has 0 saturated carbocycles. The second-order valence-electron chi connectivity index (χ2n) is 6.15. The lowest BCUT2D eigenvalue weighted by Gasteiger charge is -2.26. The van der Waals surface area contributed by atoms with Crippen molar-refractivity contribution in [2.45, 2.75) is 78.9 Å². The fourth-order valence-electron chi connectivity index (χ4n) is 1.53. The molecule has 0 aliphatic heterocycles. The van der Waals surface area contributed by atoms with Crippen LogP contribution in [0.3, 0.4) is 0 Å². The van der Waals surface area contributed by atoms with Crippen LogP contribution in [0.2, 0.25) is 0 Å². The number of methoxy groups -OCH3 is 6. The van der Waals surface area contributed by atoms with E-state index in [1.54, 1.807) is 55.6 Å². The van der Waals surface area contributed by atoms with E-state index in [4.69, 9.17) is 28.4 Å². The first-order chi connectivity index (χ1) is 13.9. The predicted octanol–water partition coefficient (Wildman–Crippen LogP) is 3.81. The summed E-state index contributed by atoms with van der Waals surface area (Å²) in [6.07, 6.45) is -0.176. The molecule has 0 saturated heterocycles. The average molecular weight is 556 g/mol. The average Bonchev–Trinajstić information content (AvgIpc) is 2.79. The number of thiol groups is 3. The van der Waals surface area contributed by atoms with E-state index >= 15 is 0 Å². The number of halogens is 3. The summed E-state index contributed by atoms with van der Waals surface area (Å²) in [5.74, 6) is 0. The van der Waals surface area contributed by atoms with Crippen LogP contribution in [0, 0.1) is 0 Å². The Bertz CT molecular complexity index is 312. The minimum atomic E-state index is -0.0294. The molecule has 15 heteroatoms. The summed E-state index contributed by atoms with van der Waals surface area (Å²) in [7, 11) is 9.81. The van der Waals surface area contributed by atoms with Gasteiger partial charge in [0.25, 0.3) is 0 Å². The fraction of sp³-hybridized carbons (Fsp3) is 1.00. The third-order valence-corrected chi connectivity index (χ3v) is 6.23. The number of nitrogens with zero attached hydrogens (tertiary/aromatic N) is 3. The van der Waals surface area contributed by atoms with E-state index in [1.165, 1.54) is 0 Å². The van der Waals surface area contributed by atoms with E-state index in [-0.39, 0.29) is 51.5 Å². The summed E-state index contributed by atoms with van der Waals surface area (Å²) in [6.45, 7) is 11.4. The van der Waals surface area contributed by atoms with Crippen molar-refractivity contribution in [1.82, 2.24) is 12.9 Å². The Morgan fingerprint density at radius 3 is 0.515 bits per heavy atom. The maximum absolute atomic E-state index is 5.00. The summed E-state index contributed by atoms with van der Waals surface area (Å²) < 4.78 is 35.1. The van der Waals surface area contributed by atoms with Crippen LogP contribution < -0.4 is 0 Å². The van der Waals surface area contributed by atoms with Crippen molar-refractivity contribution in [3.63, 3.8) is 0 Å². The Hall–Kier alpha value is 0.480. The molecule has 0 aromatic rings. The highest BCUT2D eigenvalue weighted by Gasteiger charge is 2.16. The van der Waals surface area contributed by atoms with Crippen molar-refractivity contribution in [3.05, 3.63) is 0 Å². The molecule has 0 spiro atoms. The summed E-state index contributed by atoms with van der Waals surface area (Å²) in [4.78, 5) is 0. The zero-order valence-corrected chi connectivity index (χ0v) is 24.5. The van der Waals surface area contributed by atoms with Crippen LogP contribution in [0.15, 0.2) is 0 Å². The molecule has 0 aromatic carbocycles. The second kappa shape index (κ2) is 28.7. The van der Waals surface area contributed by atoms with Gasteiger partial charge in [-0.1, -0.05) is 38.4 Å². The normalized spacial score (nSPS) is 15.8. The van der Waals surface area contributed by atoms with Crippen molar-refractivity contribution in [2.75, 3.05) is 42.7 Å². The van der Waals surface area contributed by atoms with Gasteiger partial charge in [-0.15, -0.1) is 0 Å². The maximum Gasteiger partial charge on any atom is 0.118 e. The van der Waals surface area contributed by atoms with Crippen LogP contribution in [-0.4, -0.2) is 92.9 Å². The van der Waals surface area contributed by atoms with Gasteiger partial charge in [-0.05, 0) is 41.5 Å². The predicted molar refractivity (Wildman–Crippen MR) is 139 cm³/mol. The second-order valence-corrected chi connectivity index (χ2v) is 7.54. The van der Waals surface area contributed by atoms with Crippen molar-refractivity contribution in [2.24, 2.45) is 0 Å². The van der Waals surface area contributed by atoms with Gasteiger partial charge in [0, 0.05) is 42.7 Å². The van der Waals surface area contributed by atoms with Gasteiger partial charge in [0.1, 0.15) is 37.4 Å². The zero-order valence-electron chi connectivity index (χ0n) is 21.8. The van der Waals surface area contributed by atoms with Gasteiger partial charge in [0.05, 0.1) is 0 Å². The summed E-state index contributed by atoms with van der Waals surface area (Å²) >= 11 is 12.5. The number of ether oxygens (including phenoxy) is 6. The highest BCUT2D eigenvalue weighted by atomic mass is 32.1. The van der Waals surface area contributed by atoms with E-state index in [2.05, 4.69) is 38.4 Å². The van der Waals surface area contributed by atoms with Crippen molar-refractivity contribution >= 4 is 38.4 Å². The lowest BCUT2D eigenvalue weighted by atomic mass is 10.5. The largest absolute Gasteiger partial charge is 0.366 e. The molecule has 0 bridgehead atoms. The molecular formula is C18H48F3N3O6S3. The highest BCUT2D eigenvalue weighted by Crippen LogP contribution is 2.10. The van der Waals surface area contributed by atoms with Crippen LogP contribution in [0.5, 0.6) is 0 Å². The molecule has 0 fully saturated rings. The minimum absolute atomic E-state index is 0. The molecule has 0 N–H and O–H groups in total. The molecule has 0 amide bonds. The molecule has 0 radical (unpaired) electrons. The van der Waals surface area contributed by atoms with Crippen molar-refractivity contribution in [3.8, 4) is 0 Å². The van der Waals surface area contributed by atoms with Crippen molar-refractivity contribution in [1.29, 1.82) is 0 Å². The Kier molecular flexibility index (Phi) is 40.7. The molecule has 33 heavy (non-hydrogen) atoms. The zero-order chi connectivity index (χ0) is 24.4. The summed E-state index contributed by atoms with van der Waals surface area (Å²) in [5.41, 5.74) is 0. The van der Waals surface area contributed by atoms with Crippen LogP contribution in [0.1, 0.15) is 41.5 Å². The summed E-state index contributed by atoms with van der Waals surface area (Å²) in [5, 5.41) is 0. The molecule has 0 aromatic heterocycles. The molecule has 0 aliphatic carbocycles. The quantitative estimate of drug-likeness (QED) is 0.246. The van der Waals surface area contributed by atoms with Gasteiger partial charge >= 0.3 is 0 Å². The fourth-order valence-corrected chi connectivity index (χ4v) is 2.10. The Morgan fingerprint density at radius 2 is 0.455 bits per heavy atom. The standard InChI is InChI=1S/3C6H15NO2S.3FH/c3*1-5(8-3)7(10)6(2)9-4;;;/h3*5-6,10H,1-4H3;3*1H. The molecule has 0 aliphatic rings. The first-order valence-corrected chi connectivity index (χ1v) is 10.7. The van der Waals surface area contributed by atoms with E-state index in [9.17, 15) is 0 Å². The number of rotatable bonds is 12. The molecule has 0 rings (SSSR count). The van der Waals surface area contributed by atoms with E-state index < -0.39 is 0 Å². The van der Waals surface area contributed by atoms with Crippen LogP contribution >= 0.6 is 38.4 Å². The molecule has 9 nitrogen and oxygen atoms in total. The summed E-state index contributed by atoms with van der Waals surface area (Å²) in [6, 6.07) is 0. The number of hydrogen-bond donors (Lipinski definition) is 3. The van der Waals surface area contributed by atoms with Crippen LogP contribution in [0.25, 0.3) is 0 Å². The number of hydrogen-bond acceptors (Lipinski definition) is 12. The minimum Gasteiger partial charge on any atom is -0.366 e. The van der Waals surface area contributed by atoms with Gasteiger partial charge in [-0.25, -0.2) is 0 Å². The molecule has 6 atom stereocenters. The van der Waals surface area contributed by atoms with Gasteiger partial charge in [-0.2, -0.15) is 12.9 Å². The maximum atomic E-state index is 5.00. The van der Waals surface area contributed by atoms with E-state index in [1.807, 2.05) is 41.5 Å². The Morgan fingerprint density at radius 1 is 0.364 bits per heavy atom. The Balaban J connectivity index is -0.0000000792. The Labute approximate surface area is 215 Å². The van der Waals surface area contributed by atoms with Gasteiger partial charge < -0.3 is 28.4 Å². The third kappa shape index (κ3) is 22.7. The lowest BCUT2D eigenvalue weighted by Crippen LogP contribution is -2.34. The van der Waals surface area contributed by atoms with Gasteiger partial charge in [-0.3, -0.25) is 14.1 Å². The monoisotopic (exact) mass is 555 g/mol. The van der Waals surface area contributed by atoms with Crippen LogP contribution in [0.4, 0.5) is 14.1 Å². The highest BCUT2D eigenvalue weighted by molar-refractivity contribution is 7.78. The first kappa shape index (κ1) is 46.8. The molecule has 6 unspecified atom stereocenters. The van der Waals surface area contributed by atoms with E-state index in [0.29, 0.717) is 0 Å². The topological polar surface area (TPSA) is 65.1 Å². The molecule has 0 heterocycles. The van der Waals surface area contributed by atoms with Crippen LogP contribution in [-0.2, 0) is 28.4 Å². The SMILES string of the molecule is COC(C)N(S)C(C)OC.COC(C)N(S)C(C)OC.COC(C)N(S)C(C)OC.F.F.F. The molecule has 210 valence electrons. The van der Waals surface area contributed by atoms with Gasteiger partial charge in [0.15, 0.2) is 0 Å². The first-order valence-electron chi connectivity index (χ1n) is 9.48. The third-order valence-electron chi connectivity index (χ3n) is 4.28. The van der Waals surface area contributed by atoms with Crippen molar-refractivity contribution < 1.29 is 42.5 Å². The van der Waals surface area contributed by atoms with E-state index in [0.717, 1.165) is 0 Å². The smallest absolute Gasteiger partial charge is 0.118 e. The molecular weight excluding hydrogens is 507 g/mol. The lowest BCUT2D eigenvalue weighted by molar-refractivity contribution is -0.0582. The van der Waals surface area contributed by atoms with Gasteiger partial charge in [0.2, 0.25) is 0 Å².